The van der Waals surface area contributed by atoms with Crippen LogP contribution >= 0.6 is 12.4 Å². The number of halogens is 1. The molecule has 0 bridgehead atoms. The Bertz CT molecular complexity index is 405. The molecule has 0 spiro atoms. The summed E-state index contributed by atoms with van der Waals surface area (Å²) in [4.78, 5) is 8.83. The van der Waals surface area contributed by atoms with Gasteiger partial charge in [0.05, 0.1) is 7.11 Å². The second kappa shape index (κ2) is 5.71. The molecule has 1 aromatic heterocycles. The summed E-state index contributed by atoms with van der Waals surface area (Å²) in [5, 5.41) is 6.65. The van der Waals surface area contributed by atoms with Gasteiger partial charge in [-0.05, 0) is 31.7 Å². The number of rotatable bonds is 4. The summed E-state index contributed by atoms with van der Waals surface area (Å²) in [6.07, 6.45) is 5.50. The highest BCUT2D eigenvalue weighted by molar-refractivity contribution is 5.85. The number of hydrogen-bond donors (Lipinski definition) is 2. The maximum Gasteiger partial charge on any atom is 0.226 e. The lowest BCUT2D eigenvalue weighted by molar-refractivity contribution is 0.392. The minimum atomic E-state index is 0. The van der Waals surface area contributed by atoms with Crippen molar-refractivity contribution < 1.29 is 4.74 Å². The molecular formula is C12H19ClN4O. The largest absolute Gasteiger partial charge is 0.481 e. The number of ether oxygens (including phenoxy) is 1. The van der Waals surface area contributed by atoms with E-state index in [0.717, 1.165) is 31.0 Å². The molecule has 1 aromatic rings. The molecule has 2 fully saturated rings. The molecule has 2 heterocycles. The van der Waals surface area contributed by atoms with Gasteiger partial charge < -0.3 is 15.4 Å². The van der Waals surface area contributed by atoms with Crippen LogP contribution in [0.1, 0.15) is 30.7 Å². The standard InChI is InChI=1S/C12H18N4O.ClH/c1-17-11-10(8-2-3-8)7-14-12(16-11)15-9-4-5-13-6-9;/h7-9,13H,2-6H2,1H3,(H,14,15,16);1H. The molecule has 3 rings (SSSR count). The van der Waals surface area contributed by atoms with E-state index in [2.05, 4.69) is 20.6 Å². The van der Waals surface area contributed by atoms with Gasteiger partial charge in [0.15, 0.2) is 0 Å². The van der Waals surface area contributed by atoms with Gasteiger partial charge in [-0.15, -0.1) is 12.4 Å². The van der Waals surface area contributed by atoms with Crippen LogP contribution in [0.5, 0.6) is 5.88 Å². The highest BCUT2D eigenvalue weighted by atomic mass is 35.5. The Hall–Kier alpha value is -1.07. The van der Waals surface area contributed by atoms with Crippen LogP contribution in [0.2, 0.25) is 0 Å². The monoisotopic (exact) mass is 270 g/mol. The zero-order chi connectivity index (χ0) is 11.7. The molecular weight excluding hydrogens is 252 g/mol. The predicted molar refractivity (Wildman–Crippen MR) is 72.7 cm³/mol. The van der Waals surface area contributed by atoms with Gasteiger partial charge in [-0.3, -0.25) is 0 Å². The van der Waals surface area contributed by atoms with E-state index < -0.39 is 0 Å². The first-order chi connectivity index (χ1) is 8.36. The summed E-state index contributed by atoms with van der Waals surface area (Å²) >= 11 is 0. The lowest BCUT2D eigenvalue weighted by Gasteiger charge is -2.13. The first-order valence-electron chi connectivity index (χ1n) is 6.25. The number of hydrogen-bond acceptors (Lipinski definition) is 5. The quantitative estimate of drug-likeness (QED) is 0.870. The normalized spacial score (nSPS) is 22.4. The summed E-state index contributed by atoms with van der Waals surface area (Å²) in [5.41, 5.74) is 1.16. The van der Waals surface area contributed by atoms with Gasteiger partial charge in [0.25, 0.3) is 0 Å². The molecule has 1 unspecified atom stereocenters. The molecule has 1 saturated heterocycles. The second-order valence-electron chi connectivity index (χ2n) is 4.77. The molecule has 1 atom stereocenters. The van der Waals surface area contributed by atoms with Crippen molar-refractivity contribution in [2.24, 2.45) is 0 Å². The Kier molecular flexibility index (Phi) is 4.24. The van der Waals surface area contributed by atoms with Crippen LogP contribution in [0.15, 0.2) is 6.20 Å². The lowest BCUT2D eigenvalue weighted by Crippen LogP contribution is -2.23. The molecule has 2 aliphatic rings. The van der Waals surface area contributed by atoms with E-state index in [1.807, 2.05) is 6.20 Å². The zero-order valence-electron chi connectivity index (χ0n) is 10.5. The predicted octanol–water partition coefficient (Wildman–Crippen LogP) is 1.56. The average molecular weight is 271 g/mol. The highest BCUT2D eigenvalue weighted by Gasteiger charge is 2.28. The van der Waals surface area contributed by atoms with Crippen molar-refractivity contribution in [2.75, 3.05) is 25.5 Å². The summed E-state index contributed by atoms with van der Waals surface area (Å²) in [6, 6.07) is 0.437. The molecule has 6 heteroatoms. The molecule has 0 amide bonds. The van der Waals surface area contributed by atoms with E-state index in [9.17, 15) is 0 Å². The van der Waals surface area contributed by atoms with Crippen molar-refractivity contribution in [3.63, 3.8) is 0 Å². The summed E-state index contributed by atoms with van der Waals surface area (Å²) in [5.74, 6) is 2.03. The Morgan fingerprint density at radius 2 is 2.22 bits per heavy atom. The first-order valence-corrected chi connectivity index (χ1v) is 6.25. The zero-order valence-corrected chi connectivity index (χ0v) is 11.3. The number of anilines is 1. The fourth-order valence-corrected chi connectivity index (χ4v) is 2.24. The molecule has 100 valence electrons. The van der Waals surface area contributed by atoms with Crippen LogP contribution in [0, 0.1) is 0 Å². The maximum atomic E-state index is 5.35. The highest BCUT2D eigenvalue weighted by Crippen LogP contribution is 2.43. The van der Waals surface area contributed by atoms with Crippen LogP contribution < -0.4 is 15.4 Å². The van der Waals surface area contributed by atoms with Gasteiger partial charge in [0.1, 0.15) is 0 Å². The SMILES string of the molecule is COc1nc(NC2CCNC2)ncc1C1CC1.Cl. The topological polar surface area (TPSA) is 59.1 Å². The molecule has 0 aromatic carbocycles. The second-order valence-corrected chi connectivity index (χ2v) is 4.77. The minimum Gasteiger partial charge on any atom is -0.481 e. The van der Waals surface area contributed by atoms with Crippen LogP contribution in [0.25, 0.3) is 0 Å². The van der Waals surface area contributed by atoms with Gasteiger partial charge in [-0.1, -0.05) is 0 Å². The number of nitrogens with one attached hydrogen (secondary N) is 2. The molecule has 1 aliphatic heterocycles. The van der Waals surface area contributed by atoms with Crippen molar-refractivity contribution >= 4 is 18.4 Å². The van der Waals surface area contributed by atoms with E-state index in [1.54, 1.807) is 7.11 Å². The molecule has 2 N–H and O–H groups in total. The van der Waals surface area contributed by atoms with E-state index in [4.69, 9.17) is 4.74 Å². The Morgan fingerprint density at radius 3 is 2.83 bits per heavy atom. The van der Waals surface area contributed by atoms with E-state index in [-0.39, 0.29) is 12.4 Å². The van der Waals surface area contributed by atoms with Gasteiger partial charge in [-0.2, -0.15) is 4.98 Å². The third-order valence-electron chi connectivity index (χ3n) is 3.38. The Labute approximate surface area is 113 Å². The lowest BCUT2D eigenvalue weighted by atomic mass is 10.2. The van der Waals surface area contributed by atoms with Gasteiger partial charge in [0.2, 0.25) is 11.8 Å². The fraction of sp³-hybridized carbons (Fsp3) is 0.667. The summed E-state index contributed by atoms with van der Waals surface area (Å²) in [7, 11) is 1.68. The van der Waals surface area contributed by atoms with Crippen LogP contribution in [-0.4, -0.2) is 36.2 Å². The van der Waals surface area contributed by atoms with Crippen molar-refractivity contribution in [1.82, 2.24) is 15.3 Å². The van der Waals surface area contributed by atoms with E-state index >= 15 is 0 Å². The van der Waals surface area contributed by atoms with Crippen LogP contribution in [0.4, 0.5) is 5.95 Å². The molecule has 5 nitrogen and oxygen atoms in total. The Balaban J connectivity index is 0.00000120. The average Bonchev–Trinajstić information content (AvgIpc) is 3.08. The van der Waals surface area contributed by atoms with Crippen LogP contribution in [-0.2, 0) is 0 Å². The maximum absolute atomic E-state index is 5.35. The Morgan fingerprint density at radius 1 is 1.39 bits per heavy atom. The first kappa shape index (κ1) is 13.4. The fourth-order valence-electron chi connectivity index (χ4n) is 2.24. The van der Waals surface area contributed by atoms with Gasteiger partial charge >= 0.3 is 0 Å². The number of methoxy groups -OCH3 is 1. The van der Waals surface area contributed by atoms with E-state index in [1.165, 1.54) is 12.8 Å². The van der Waals surface area contributed by atoms with E-state index in [0.29, 0.717) is 17.9 Å². The van der Waals surface area contributed by atoms with Crippen molar-refractivity contribution in [2.45, 2.75) is 31.2 Å². The minimum absolute atomic E-state index is 0. The van der Waals surface area contributed by atoms with Gasteiger partial charge in [0, 0.05) is 24.3 Å². The summed E-state index contributed by atoms with van der Waals surface area (Å²) < 4.78 is 5.35. The number of nitrogens with zero attached hydrogens (tertiary/aromatic N) is 2. The molecule has 0 radical (unpaired) electrons. The molecule has 18 heavy (non-hydrogen) atoms. The third kappa shape index (κ3) is 2.84. The van der Waals surface area contributed by atoms with Crippen molar-refractivity contribution in [3.8, 4) is 5.88 Å². The van der Waals surface area contributed by atoms with Crippen LogP contribution in [0.3, 0.4) is 0 Å². The third-order valence-corrected chi connectivity index (χ3v) is 3.38. The number of aromatic nitrogens is 2. The smallest absolute Gasteiger partial charge is 0.226 e. The van der Waals surface area contributed by atoms with Crippen molar-refractivity contribution in [1.29, 1.82) is 0 Å². The molecule has 1 saturated carbocycles. The summed E-state index contributed by atoms with van der Waals surface area (Å²) in [6.45, 7) is 2.05. The van der Waals surface area contributed by atoms with Gasteiger partial charge in [-0.25, -0.2) is 4.98 Å². The van der Waals surface area contributed by atoms with Crippen molar-refractivity contribution in [3.05, 3.63) is 11.8 Å². The molecule has 1 aliphatic carbocycles.